The Hall–Kier alpha value is -5.04. The van der Waals surface area contributed by atoms with Gasteiger partial charge in [-0.05, 0) is 72.6 Å². The number of thioether (sulfide) groups is 1. The van der Waals surface area contributed by atoms with Gasteiger partial charge in [0.05, 0.1) is 20.8 Å². The van der Waals surface area contributed by atoms with Crippen LogP contribution in [-0.2, 0) is 9.59 Å². The molecule has 3 aromatic carbocycles. The summed E-state index contributed by atoms with van der Waals surface area (Å²) < 4.78 is 5.59. The zero-order chi connectivity index (χ0) is 28.3. The third-order valence-corrected chi connectivity index (χ3v) is 6.48. The molecule has 0 saturated carbocycles. The van der Waals surface area contributed by atoms with Crippen molar-refractivity contribution >= 4 is 52.0 Å². The molecule has 1 aliphatic rings. The first-order chi connectivity index (χ1) is 18.5. The monoisotopic (exact) mass is 548 g/mol. The molecule has 0 atom stereocenters. The molecule has 0 radical (unpaired) electrons. The summed E-state index contributed by atoms with van der Waals surface area (Å²) in [5.41, 5.74) is 1.77. The molecule has 198 valence electrons. The number of non-ortho nitro benzene ring substituents is 1. The molecule has 13 heteroatoms. The van der Waals surface area contributed by atoms with Gasteiger partial charge in [0, 0.05) is 11.8 Å². The number of nitro benzene ring substituents is 2. The summed E-state index contributed by atoms with van der Waals surface area (Å²) in [7, 11) is 0. The SMILES string of the molecule is Cc1ccc(C)c(NC(=O)CN2C(=O)S/C(=C/c3cccc(Oc4ccc([N+](=O)[O-])cc4[N+](=O)[O-])c3)C2=O)c1. The molecule has 0 aliphatic carbocycles. The van der Waals surface area contributed by atoms with Gasteiger partial charge in [0.15, 0.2) is 0 Å². The Bertz CT molecular complexity index is 1570. The lowest BCUT2D eigenvalue weighted by molar-refractivity contribution is -0.394. The van der Waals surface area contributed by atoms with E-state index in [9.17, 15) is 34.6 Å². The molecule has 0 spiro atoms. The fraction of sp³-hybridized carbons (Fsp3) is 0.115. The van der Waals surface area contributed by atoms with E-state index in [4.69, 9.17) is 4.74 Å². The van der Waals surface area contributed by atoms with Crippen LogP contribution in [-0.4, -0.2) is 38.3 Å². The molecular formula is C26H20N4O8S. The number of nitrogens with zero attached hydrogens (tertiary/aromatic N) is 3. The van der Waals surface area contributed by atoms with Gasteiger partial charge in [0.2, 0.25) is 11.7 Å². The number of nitrogens with one attached hydrogen (secondary N) is 1. The average Bonchev–Trinajstić information content (AvgIpc) is 3.13. The molecule has 1 saturated heterocycles. The topological polar surface area (TPSA) is 162 Å². The highest BCUT2D eigenvalue weighted by molar-refractivity contribution is 8.18. The standard InChI is InChI=1S/C26H20N4O8S/c1-15-6-7-16(2)20(10-15)27-24(31)14-28-25(32)23(39-26(28)33)12-17-4-3-5-19(11-17)38-22-9-8-18(29(34)35)13-21(22)30(36)37/h3-13H,14H2,1-2H3,(H,27,31)/b23-12+. The number of anilines is 1. The van der Waals surface area contributed by atoms with Crippen molar-refractivity contribution in [2.24, 2.45) is 0 Å². The first-order valence-corrected chi connectivity index (χ1v) is 12.2. The summed E-state index contributed by atoms with van der Waals surface area (Å²) in [5.74, 6) is -1.21. The van der Waals surface area contributed by atoms with Gasteiger partial charge in [-0.2, -0.15) is 0 Å². The number of amides is 3. The van der Waals surface area contributed by atoms with Crippen molar-refractivity contribution < 1.29 is 29.0 Å². The number of rotatable bonds is 8. The van der Waals surface area contributed by atoms with E-state index in [1.807, 2.05) is 26.0 Å². The summed E-state index contributed by atoms with van der Waals surface area (Å²) in [6.07, 6.45) is 1.44. The van der Waals surface area contributed by atoms with Crippen molar-refractivity contribution in [3.05, 3.63) is 102 Å². The van der Waals surface area contributed by atoms with Crippen LogP contribution in [0.1, 0.15) is 16.7 Å². The fourth-order valence-electron chi connectivity index (χ4n) is 3.63. The van der Waals surface area contributed by atoms with E-state index in [-0.39, 0.29) is 16.4 Å². The number of hydrogen-bond donors (Lipinski definition) is 1. The maximum absolute atomic E-state index is 12.9. The zero-order valence-electron chi connectivity index (χ0n) is 20.6. The maximum Gasteiger partial charge on any atom is 0.318 e. The van der Waals surface area contributed by atoms with Crippen molar-refractivity contribution in [2.45, 2.75) is 13.8 Å². The molecular weight excluding hydrogens is 528 g/mol. The number of carbonyl (C=O) groups is 3. The third-order valence-electron chi connectivity index (χ3n) is 5.58. The van der Waals surface area contributed by atoms with Crippen LogP contribution in [0.4, 0.5) is 21.9 Å². The summed E-state index contributed by atoms with van der Waals surface area (Å²) in [6.45, 7) is 3.25. The number of aryl methyl sites for hydroxylation is 2. The van der Waals surface area contributed by atoms with Gasteiger partial charge in [0.1, 0.15) is 12.3 Å². The predicted octanol–water partition coefficient (Wildman–Crippen LogP) is 5.59. The first kappa shape index (κ1) is 27.0. The molecule has 4 rings (SSSR count). The summed E-state index contributed by atoms with van der Waals surface area (Å²) in [5, 5.41) is 24.5. The highest BCUT2D eigenvalue weighted by Gasteiger charge is 2.36. The lowest BCUT2D eigenvalue weighted by atomic mass is 10.1. The van der Waals surface area contributed by atoms with Crippen LogP contribution < -0.4 is 10.1 Å². The second-order valence-corrected chi connectivity index (χ2v) is 9.47. The van der Waals surface area contributed by atoms with Crippen molar-refractivity contribution in [1.82, 2.24) is 4.90 Å². The molecule has 1 aliphatic heterocycles. The number of ether oxygens (including phenoxy) is 1. The molecule has 3 amide bonds. The van der Waals surface area contributed by atoms with Gasteiger partial charge in [-0.1, -0.05) is 24.3 Å². The predicted molar refractivity (Wildman–Crippen MR) is 143 cm³/mol. The molecule has 0 aromatic heterocycles. The van der Waals surface area contributed by atoms with E-state index >= 15 is 0 Å². The van der Waals surface area contributed by atoms with Crippen LogP contribution in [0.25, 0.3) is 6.08 Å². The molecule has 12 nitrogen and oxygen atoms in total. The number of nitro groups is 2. The summed E-state index contributed by atoms with van der Waals surface area (Å²) in [4.78, 5) is 59.6. The van der Waals surface area contributed by atoms with Crippen LogP contribution in [0.15, 0.2) is 65.6 Å². The Kier molecular flexibility index (Phi) is 7.72. The van der Waals surface area contributed by atoms with E-state index in [1.54, 1.807) is 18.2 Å². The molecule has 0 unspecified atom stereocenters. The van der Waals surface area contributed by atoms with Gasteiger partial charge < -0.3 is 10.1 Å². The minimum Gasteiger partial charge on any atom is -0.450 e. The Morgan fingerprint density at radius 3 is 2.51 bits per heavy atom. The normalized spacial score (nSPS) is 14.0. The molecule has 39 heavy (non-hydrogen) atoms. The first-order valence-electron chi connectivity index (χ1n) is 11.3. The number of benzene rings is 3. The quantitative estimate of drug-likeness (QED) is 0.215. The van der Waals surface area contributed by atoms with E-state index in [2.05, 4.69) is 5.32 Å². The van der Waals surface area contributed by atoms with E-state index < -0.39 is 44.8 Å². The lowest BCUT2D eigenvalue weighted by Crippen LogP contribution is -2.36. The average molecular weight is 549 g/mol. The van der Waals surface area contributed by atoms with Gasteiger partial charge in [0.25, 0.3) is 16.8 Å². The Morgan fingerprint density at radius 2 is 1.79 bits per heavy atom. The fourth-order valence-corrected chi connectivity index (χ4v) is 4.47. The summed E-state index contributed by atoms with van der Waals surface area (Å²) >= 11 is 0.676. The van der Waals surface area contributed by atoms with Gasteiger partial charge in [-0.25, -0.2) is 0 Å². The van der Waals surface area contributed by atoms with Crippen molar-refractivity contribution in [1.29, 1.82) is 0 Å². The second kappa shape index (κ2) is 11.1. The minimum absolute atomic E-state index is 0.0815. The zero-order valence-corrected chi connectivity index (χ0v) is 21.4. The van der Waals surface area contributed by atoms with E-state index in [1.165, 1.54) is 18.2 Å². The number of imide groups is 1. The number of hydrogen-bond acceptors (Lipinski definition) is 9. The van der Waals surface area contributed by atoms with Gasteiger partial charge in [-0.3, -0.25) is 39.5 Å². The largest absolute Gasteiger partial charge is 0.450 e. The summed E-state index contributed by atoms with van der Waals surface area (Å²) in [6, 6.07) is 14.7. The van der Waals surface area contributed by atoms with Crippen molar-refractivity contribution in [3.63, 3.8) is 0 Å². The van der Waals surface area contributed by atoms with Crippen molar-refractivity contribution in [3.8, 4) is 11.5 Å². The molecule has 0 bridgehead atoms. The third kappa shape index (κ3) is 6.27. The second-order valence-electron chi connectivity index (χ2n) is 8.48. The molecule has 1 heterocycles. The Labute approximate surface area is 225 Å². The van der Waals surface area contributed by atoms with Crippen LogP contribution in [0.5, 0.6) is 11.5 Å². The highest BCUT2D eigenvalue weighted by atomic mass is 32.2. The minimum atomic E-state index is -0.793. The van der Waals surface area contributed by atoms with Crippen LogP contribution in [0.2, 0.25) is 0 Å². The highest BCUT2D eigenvalue weighted by Crippen LogP contribution is 2.36. The van der Waals surface area contributed by atoms with E-state index in [0.29, 0.717) is 23.0 Å². The van der Waals surface area contributed by atoms with Gasteiger partial charge >= 0.3 is 5.69 Å². The van der Waals surface area contributed by atoms with Gasteiger partial charge in [-0.15, -0.1) is 0 Å². The molecule has 1 N–H and O–H groups in total. The van der Waals surface area contributed by atoms with Crippen LogP contribution >= 0.6 is 11.8 Å². The smallest absolute Gasteiger partial charge is 0.318 e. The van der Waals surface area contributed by atoms with E-state index in [0.717, 1.165) is 34.2 Å². The molecule has 3 aromatic rings. The van der Waals surface area contributed by atoms with Crippen molar-refractivity contribution in [2.75, 3.05) is 11.9 Å². The molecule has 1 fully saturated rings. The maximum atomic E-state index is 12.9. The Morgan fingerprint density at radius 1 is 1.03 bits per heavy atom. The number of carbonyl (C=O) groups excluding carboxylic acids is 3. The van der Waals surface area contributed by atoms with Crippen LogP contribution in [0.3, 0.4) is 0 Å². The van der Waals surface area contributed by atoms with Crippen LogP contribution in [0, 0.1) is 34.1 Å². The lowest BCUT2D eigenvalue weighted by Gasteiger charge is -2.14. The Balaban J connectivity index is 1.49.